The third-order valence-electron chi connectivity index (χ3n) is 3.90. The predicted octanol–water partition coefficient (Wildman–Crippen LogP) is 2.08. The van der Waals surface area contributed by atoms with E-state index in [0.717, 1.165) is 10.3 Å². The van der Waals surface area contributed by atoms with Crippen molar-refractivity contribution in [1.82, 2.24) is 9.55 Å². The van der Waals surface area contributed by atoms with Crippen molar-refractivity contribution in [2.45, 2.75) is 6.92 Å². The van der Waals surface area contributed by atoms with E-state index >= 15 is 0 Å². The van der Waals surface area contributed by atoms with Crippen molar-refractivity contribution in [3.63, 3.8) is 0 Å². The van der Waals surface area contributed by atoms with E-state index in [9.17, 15) is 14.7 Å². The van der Waals surface area contributed by atoms with Crippen molar-refractivity contribution in [1.29, 1.82) is 0 Å². The third kappa shape index (κ3) is 3.74. The zero-order valence-corrected chi connectivity index (χ0v) is 14.8. The number of H-pyrrole nitrogens is 1. The lowest BCUT2D eigenvalue weighted by molar-refractivity contribution is 0.414. The SMILES string of the molecule is COc1ccc(-n2c(O)c(/C(C)=N\Nc3ccccc3)c(=O)[nH]c2=O)cc1. The molecule has 8 heteroatoms. The average Bonchev–Trinajstić information content (AvgIpc) is 2.67. The fourth-order valence-corrected chi connectivity index (χ4v) is 2.54. The van der Waals surface area contributed by atoms with Gasteiger partial charge < -0.3 is 9.84 Å². The smallest absolute Gasteiger partial charge is 0.335 e. The van der Waals surface area contributed by atoms with Crippen LogP contribution in [0.3, 0.4) is 0 Å². The van der Waals surface area contributed by atoms with Crippen LogP contribution in [-0.4, -0.2) is 27.5 Å². The second kappa shape index (κ2) is 7.61. The molecule has 0 fully saturated rings. The Balaban J connectivity index is 2.05. The number of anilines is 1. The first-order valence-electron chi connectivity index (χ1n) is 8.09. The van der Waals surface area contributed by atoms with Crippen LogP contribution in [-0.2, 0) is 0 Å². The number of methoxy groups -OCH3 is 1. The fourth-order valence-electron chi connectivity index (χ4n) is 2.54. The number of ether oxygens (including phenoxy) is 1. The van der Waals surface area contributed by atoms with Crippen molar-refractivity contribution in [3.8, 4) is 17.3 Å². The van der Waals surface area contributed by atoms with E-state index in [4.69, 9.17) is 4.74 Å². The summed E-state index contributed by atoms with van der Waals surface area (Å²) in [7, 11) is 1.52. The molecule has 0 radical (unpaired) electrons. The summed E-state index contributed by atoms with van der Waals surface area (Å²) < 4.78 is 6.08. The number of hydrogen-bond acceptors (Lipinski definition) is 6. The number of benzene rings is 2. The van der Waals surface area contributed by atoms with Gasteiger partial charge in [-0.3, -0.25) is 15.2 Å². The number of aromatic amines is 1. The Hall–Kier alpha value is -3.81. The molecule has 1 aromatic heterocycles. The maximum atomic E-state index is 12.2. The summed E-state index contributed by atoms with van der Waals surface area (Å²) in [6, 6.07) is 15.6. The van der Waals surface area contributed by atoms with Gasteiger partial charge in [-0.2, -0.15) is 5.10 Å². The lowest BCUT2D eigenvalue weighted by atomic mass is 10.2. The van der Waals surface area contributed by atoms with E-state index in [2.05, 4.69) is 15.5 Å². The first kappa shape index (κ1) is 18.0. The molecule has 0 aliphatic heterocycles. The Morgan fingerprint density at radius 1 is 1.11 bits per heavy atom. The molecule has 27 heavy (non-hydrogen) atoms. The number of nitrogens with one attached hydrogen (secondary N) is 2. The van der Waals surface area contributed by atoms with Crippen LogP contribution in [0.2, 0.25) is 0 Å². The second-order valence-corrected chi connectivity index (χ2v) is 5.67. The number of para-hydroxylation sites is 1. The van der Waals surface area contributed by atoms with Gasteiger partial charge in [-0.15, -0.1) is 0 Å². The normalized spacial score (nSPS) is 11.3. The highest BCUT2D eigenvalue weighted by Gasteiger charge is 2.18. The van der Waals surface area contributed by atoms with Gasteiger partial charge in [0.1, 0.15) is 11.3 Å². The maximum Gasteiger partial charge on any atom is 0.335 e. The van der Waals surface area contributed by atoms with E-state index in [-0.39, 0.29) is 11.3 Å². The van der Waals surface area contributed by atoms with Gasteiger partial charge in [0.15, 0.2) is 0 Å². The van der Waals surface area contributed by atoms with Gasteiger partial charge in [0.05, 0.1) is 24.2 Å². The van der Waals surface area contributed by atoms with Gasteiger partial charge >= 0.3 is 5.69 Å². The number of rotatable bonds is 5. The molecule has 2 aromatic carbocycles. The molecule has 0 amide bonds. The Morgan fingerprint density at radius 2 is 1.78 bits per heavy atom. The summed E-state index contributed by atoms with van der Waals surface area (Å²) in [6.07, 6.45) is 0. The molecular formula is C19H18N4O4. The summed E-state index contributed by atoms with van der Waals surface area (Å²) in [5.41, 5.74) is 2.54. The van der Waals surface area contributed by atoms with Crippen molar-refractivity contribution in [3.05, 3.63) is 81.0 Å². The predicted molar refractivity (Wildman–Crippen MR) is 103 cm³/mol. The van der Waals surface area contributed by atoms with Crippen LogP contribution in [0.15, 0.2) is 69.3 Å². The van der Waals surface area contributed by atoms with Gasteiger partial charge in [-0.05, 0) is 43.3 Å². The number of hydrazone groups is 1. The highest BCUT2D eigenvalue weighted by atomic mass is 16.5. The molecule has 0 spiro atoms. The summed E-state index contributed by atoms with van der Waals surface area (Å²) in [5.74, 6) is 0.103. The largest absolute Gasteiger partial charge is 0.497 e. The van der Waals surface area contributed by atoms with Crippen LogP contribution in [0.1, 0.15) is 12.5 Å². The number of nitrogens with zero attached hydrogens (tertiary/aromatic N) is 2. The van der Waals surface area contributed by atoms with E-state index in [1.54, 1.807) is 43.3 Å². The molecule has 8 nitrogen and oxygen atoms in total. The van der Waals surface area contributed by atoms with Crippen LogP contribution in [0.5, 0.6) is 11.6 Å². The Bertz CT molecular complexity index is 1080. The minimum Gasteiger partial charge on any atom is -0.497 e. The minimum atomic E-state index is -0.754. The fraction of sp³-hybridized carbons (Fsp3) is 0.105. The topological polar surface area (TPSA) is 109 Å². The van der Waals surface area contributed by atoms with Gasteiger partial charge in [0, 0.05) is 0 Å². The quantitative estimate of drug-likeness (QED) is 0.473. The van der Waals surface area contributed by atoms with Gasteiger partial charge in [0.2, 0.25) is 5.88 Å². The van der Waals surface area contributed by atoms with Crippen LogP contribution in [0, 0.1) is 0 Å². The Morgan fingerprint density at radius 3 is 2.41 bits per heavy atom. The standard InChI is InChI=1S/C19H18N4O4/c1-12(21-22-13-6-4-3-5-7-13)16-17(24)20-19(26)23(18(16)25)14-8-10-15(27-2)11-9-14/h3-11,22,25H,1-2H3,(H,20,24,26)/b21-12-. The van der Waals surface area contributed by atoms with Crippen LogP contribution >= 0.6 is 0 Å². The summed E-state index contributed by atoms with van der Waals surface area (Å²) >= 11 is 0. The van der Waals surface area contributed by atoms with Crippen molar-refractivity contribution >= 4 is 11.4 Å². The minimum absolute atomic E-state index is 0.103. The zero-order chi connectivity index (χ0) is 19.4. The number of aromatic nitrogens is 2. The first-order valence-corrected chi connectivity index (χ1v) is 8.09. The summed E-state index contributed by atoms with van der Waals surface area (Å²) in [4.78, 5) is 26.7. The van der Waals surface area contributed by atoms with Crippen LogP contribution in [0.25, 0.3) is 5.69 Å². The second-order valence-electron chi connectivity index (χ2n) is 5.67. The highest BCUT2D eigenvalue weighted by Crippen LogP contribution is 2.20. The van der Waals surface area contributed by atoms with Gasteiger partial charge in [-0.25, -0.2) is 9.36 Å². The molecule has 0 aliphatic rings. The van der Waals surface area contributed by atoms with E-state index in [0.29, 0.717) is 11.4 Å². The van der Waals surface area contributed by atoms with Crippen LogP contribution < -0.4 is 21.4 Å². The molecule has 138 valence electrons. The van der Waals surface area contributed by atoms with Gasteiger partial charge in [0.25, 0.3) is 5.56 Å². The lowest BCUT2D eigenvalue weighted by Gasteiger charge is -2.12. The summed E-state index contributed by atoms with van der Waals surface area (Å²) in [6.45, 7) is 1.56. The third-order valence-corrected chi connectivity index (χ3v) is 3.90. The van der Waals surface area contributed by atoms with Crippen molar-refractivity contribution < 1.29 is 9.84 Å². The monoisotopic (exact) mass is 366 g/mol. The molecular weight excluding hydrogens is 348 g/mol. The first-order chi connectivity index (χ1) is 13.0. The maximum absolute atomic E-state index is 12.2. The molecule has 0 atom stereocenters. The van der Waals surface area contributed by atoms with E-state index in [1.807, 2.05) is 18.2 Å². The van der Waals surface area contributed by atoms with Crippen molar-refractivity contribution in [2.24, 2.45) is 5.10 Å². The van der Waals surface area contributed by atoms with Crippen LogP contribution in [0.4, 0.5) is 5.69 Å². The summed E-state index contributed by atoms with van der Waals surface area (Å²) in [5, 5.41) is 14.7. The Kier molecular flexibility index (Phi) is 5.07. The number of hydrogen-bond donors (Lipinski definition) is 3. The molecule has 0 unspecified atom stereocenters. The van der Waals surface area contributed by atoms with Gasteiger partial charge in [-0.1, -0.05) is 18.2 Å². The van der Waals surface area contributed by atoms with E-state index < -0.39 is 17.1 Å². The Labute approximate surface area is 154 Å². The highest BCUT2D eigenvalue weighted by molar-refractivity contribution is 6.00. The van der Waals surface area contributed by atoms with E-state index in [1.165, 1.54) is 7.11 Å². The molecule has 0 bridgehead atoms. The molecule has 1 heterocycles. The zero-order valence-electron chi connectivity index (χ0n) is 14.8. The lowest BCUT2D eigenvalue weighted by Crippen LogP contribution is -2.32. The molecule has 0 saturated heterocycles. The molecule has 3 aromatic rings. The average molecular weight is 366 g/mol. The van der Waals surface area contributed by atoms with Crippen molar-refractivity contribution in [2.75, 3.05) is 12.5 Å². The number of aromatic hydroxyl groups is 1. The molecule has 3 rings (SSSR count). The molecule has 3 N–H and O–H groups in total. The molecule has 0 saturated carbocycles. The molecule has 0 aliphatic carbocycles.